The number of benzene rings is 1. The van der Waals surface area contributed by atoms with Crippen molar-refractivity contribution >= 4 is 12.1 Å². The Labute approximate surface area is 117 Å². The van der Waals surface area contributed by atoms with Crippen LogP contribution in [-0.4, -0.2) is 44.3 Å². The highest BCUT2D eigenvalue weighted by atomic mass is 16.5. The lowest BCUT2D eigenvalue weighted by molar-refractivity contribution is -0.146. The summed E-state index contributed by atoms with van der Waals surface area (Å²) in [5.74, 6) is 0.266. The lowest BCUT2D eigenvalue weighted by Gasteiger charge is -2.34. The summed E-state index contributed by atoms with van der Waals surface area (Å²) in [7, 11) is 4.18. The molecule has 20 heavy (non-hydrogen) atoms. The fraction of sp³-hybridized carbons (Fsp3) is 0.429. The van der Waals surface area contributed by atoms with Gasteiger partial charge in [0.25, 0.3) is 0 Å². The Balaban J connectivity index is 2.36. The molecule has 2 rings (SSSR count). The quantitative estimate of drug-likeness (QED) is 0.765. The van der Waals surface area contributed by atoms with E-state index in [4.69, 9.17) is 14.2 Å². The molecule has 1 aliphatic rings. The molecule has 0 N–H and O–H groups in total. The van der Waals surface area contributed by atoms with Crippen LogP contribution in [0.5, 0.6) is 5.75 Å². The molecule has 1 heterocycles. The van der Waals surface area contributed by atoms with Crippen molar-refractivity contribution in [1.82, 2.24) is 4.90 Å². The molecule has 0 aliphatic carbocycles. The van der Waals surface area contributed by atoms with Gasteiger partial charge in [0.2, 0.25) is 0 Å². The van der Waals surface area contributed by atoms with Crippen LogP contribution in [0.1, 0.15) is 11.1 Å². The maximum Gasteiger partial charge on any atom is 0.410 e. The number of carbonyl (C=O) groups excluding carboxylic acids is 2. The number of carbonyl (C=O) groups is 2. The van der Waals surface area contributed by atoms with Crippen LogP contribution in [0.25, 0.3) is 0 Å². The maximum atomic E-state index is 11.8. The van der Waals surface area contributed by atoms with Crippen molar-refractivity contribution < 1.29 is 23.8 Å². The van der Waals surface area contributed by atoms with Crippen molar-refractivity contribution in [2.45, 2.75) is 19.0 Å². The van der Waals surface area contributed by atoms with E-state index >= 15 is 0 Å². The van der Waals surface area contributed by atoms with Gasteiger partial charge in [-0.2, -0.15) is 0 Å². The zero-order valence-corrected chi connectivity index (χ0v) is 11.7. The van der Waals surface area contributed by atoms with E-state index in [1.165, 1.54) is 19.1 Å². The summed E-state index contributed by atoms with van der Waals surface area (Å²) < 4.78 is 14.7. The molecule has 0 bridgehead atoms. The van der Waals surface area contributed by atoms with Gasteiger partial charge >= 0.3 is 12.1 Å². The number of amides is 1. The summed E-state index contributed by atoms with van der Waals surface area (Å²) in [6.45, 7) is 0.291. The van der Waals surface area contributed by atoms with Crippen molar-refractivity contribution in [1.29, 1.82) is 0 Å². The predicted octanol–water partition coefficient (Wildman–Crippen LogP) is 1.36. The van der Waals surface area contributed by atoms with E-state index in [0.717, 1.165) is 11.1 Å². The first kappa shape index (κ1) is 14.2. The van der Waals surface area contributed by atoms with E-state index in [1.54, 1.807) is 7.11 Å². The topological polar surface area (TPSA) is 65.1 Å². The van der Waals surface area contributed by atoms with Crippen LogP contribution in [0.2, 0.25) is 0 Å². The molecule has 1 aliphatic heterocycles. The molecule has 0 fully saturated rings. The molecule has 6 heteroatoms. The minimum absolute atomic E-state index is 0.291. The zero-order chi connectivity index (χ0) is 14.7. The average Bonchev–Trinajstić information content (AvgIpc) is 2.51. The molecule has 108 valence electrons. The van der Waals surface area contributed by atoms with E-state index in [-0.39, 0.29) is 0 Å². The SMILES string of the molecule is COC(=O)[C@@H]1Cc2ccc(OC)cc2CN1C(=O)OC. The molecule has 1 amide bonds. The summed E-state index contributed by atoms with van der Waals surface area (Å²) in [5.41, 5.74) is 1.94. The van der Waals surface area contributed by atoms with Crippen LogP contribution in [-0.2, 0) is 27.2 Å². The maximum absolute atomic E-state index is 11.8. The molecular formula is C14H17NO5. The van der Waals surface area contributed by atoms with Crippen LogP contribution in [0.3, 0.4) is 0 Å². The molecule has 0 aromatic heterocycles. The van der Waals surface area contributed by atoms with Crippen molar-refractivity contribution in [3.05, 3.63) is 29.3 Å². The molecule has 0 saturated carbocycles. The Bertz CT molecular complexity index is 528. The van der Waals surface area contributed by atoms with Gasteiger partial charge in [0.15, 0.2) is 0 Å². The summed E-state index contributed by atoms with van der Waals surface area (Å²) in [4.78, 5) is 25.0. The molecule has 0 unspecified atom stereocenters. The van der Waals surface area contributed by atoms with Crippen molar-refractivity contribution in [3.8, 4) is 5.75 Å². The highest BCUT2D eigenvalue weighted by Crippen LogP contribution is 2.27. The largest absolute Gasteiger partial charge is 0.497 e. The number of hydrogen-bond acceptors (Lipinski definition) is 5. The van der Waals surface area contributed by atoms with Gasteiger partial charge in [0, 0.05) is 6.42 Å². The van der Waals surface area contributed by atoms with Gasteiger partial charge in [-0.15, -0.1) is 0 Å². The van der Waals surface area contributed by atoms with Crippen molar-refractivity contribution in [2.75, 3.05) is 21.3 Å². The standard InChI is InChI=1S/C14H17NO5/c1-18-11-5-4-9-7-12(13(16)19-2)15(14(17)20-3)8-10(9)6-11/h4-6,12H,7-8H2,1-3H3/t12-/m0/s1. The van der Waals surface area contributed by atoms with Gasteiger partial charge in [-0.25, -0.2) is 9.59 Å². The fourth-order valence-corrected chi connectivity index (χ4v) is 2.34. The Morgan fingerprint density at radius 1 is 1.15 bits per heavy atom. The summed E-state index contributed by atoms with van der Waals surface area (Å²) in [6, 6.07) is 4.94. The second-order valence-electron chi connectivity index (χ2n) is 4.48. The van der Waals surface area contributed by atoms with Crippen molar-refractivity contribution in [3.63, 3.8) is 0 Å². The average molecular weight is 279 g/mol. The van der Waals surface area contributed by atoms with Gasteiger partial charge in [-0.1, -0.05) is 6.07 Å². The first-order chi connectivity index (χ1) is 9.60. The van der Waals surface area contributed by atoms with Crippen LogP contribution >= 0.6 is 0 Å². The van der Waals surface area contributed by atoms with Gasteiger partial charge in [-0.3, -0.25) is 4.90 Å². The Morgan fingerprint density at radius 3 is 2.50 bits per heavy atom. The Hall–Kier alpha value is -2.24. The molecular weight excluding hydrogens is 262 g/mol. The van der Waals surface area contributed by atoms with Gasteiger partial charge in [0.05, 0.1) is 27.9 Å². The Kier molecular flexibility index (Phi) is 4.12. The Morgan fingerprint density at radius 2 is 1.90 bits per heavy atom. The summed E-state index contributed by atoms with van der Waals surface area (Å²) in [5, 5.41) is 0. The monoisotopic (exact) mass is 279 g/mol. The molecule has 1 aromatic carbocycles. The number of fused-ring (bicyclic) bond motifs is 1. The van der Waals surface area contributed by atoms with E-state index in [1.807, 2.05) is 18.2 Å². The third kappa shape index (κ3) is 2.54. The lowest BCUT2D eigenvalue weighted by Crippen LogP contribution is -2.49. The first-order valence-electron chi connectivity index (χ1n) is 6.19. The van der Waals surface area contributed by atoms with E-state index < -0.39 is 18.1 Å². The van der Waals surface area contributed by atoms with E-state index in [0.29, 0.717) is 18.7 Å². The fourth-order valence-electron chi connectivity index (χ4n) is 2.34. The highest BCUT2D eigenvalue weighted by molar-refractivity contribution is 5.82. The third-order valence-electron chi connectivity index (χ3n) is 3.43. The molecule has 0 radical (unpaired) electrons. The number of nitrogens with zero attached hydrogens (tertiary/aromatic N) is 1. The van der Waals surface area contributed by atoms with Crippen LogP contribution in [0, 0.1) is 0 Å². The third-order valence-corrected chi connectivity index (χ3v) is 3.43. The molecule has 6 nitrogen and oxygen atoms in total. The molecule has 0 spiro atoms. The molecule has 0 saturated heterocycles. The lowest BCUT2D eigenvalue weighted by atomic mass is 9.94. The van der Waals surface area contributed by atoms with Crippen molar-refractivity contribution in [2.24, 2.45) is 0 Å². The van der Waals surface area contributed by atoms with Crippen LogP contribution < -0.4 is 4.74 Å². The first-order valence-corrected chi connectivity index (χ1v) is 6.19. The van der Waals surface area contributed by atoms with Crippen LogP contribution in [0.15, 0.2) is 18.2 Å². The van der Waals surface area contributed by atoms with E-state index in [2.05, 4.69) is 0 Å². The molecule has 1 aromatic rings. The number of hydrogen-bond donors (Lipinski definition) is 0. The number of rotatable bonds is 2. The minimum atomic E-state index is -0.659. The van der Waals surface area contributed by atoms with Crippen LogP contribution in [0.4, 0.5) is 4.79 Å². The normalized spacial score (nSPS) is 17.1. The number of esters is 1. The predicted molar refractivity (Wildman–Crippen MR) is 70.5 cm³/mol. The van der Waals surface area contributed by atoms with E-state index in [9.17, 15) is 9.59 Å². The highest BCUT2D eigenvalue weighted by Gasteiger charge is 2.36. The second kappa shape index (κ2) is 5.81. The van der Waals surface area contributed by atoms with Gasteiger partial charge in [-0.05, 0) is 23.3 Å². The molecule has 1 atom stereocenters. The van der Waals surface area contributed by atoms with Gasteiger partial charge < -0.3 is 14.2 Å². The van der Waals surface area contributed by atoms with Gasteiger partial charge in [0.1, 0.15) is 11.8 Å². The second-order valence-corrected chi connectivity index (χ2v) is 4.48. The minimum Gasteiger partial charge on any atom is -0.497 e. The summed E-state index contributed by atoms with van der Waals surface area (Å²) >= 11 is 0. The zero-order valence-electron chi connectivity index (χ0n) is 11.7. The summed E-state index contributed by atoms with van der Waals surface area (Å²) in [6.07, 6.45) is -0.143. The number of methoxy groups -OCH3 is 3. The number of ether oxygens (including phenoxy) is 3. The smallest absolute Gasteiger partial charge is 0.410 e.